The highest BCUT2D eigenvalue weighted by atomic mass is 35.5. The molecule has 1 N–H and O–H groups in total. The Bertz CT molecular complexity index is 510. The number of aromatic nitrogens is 2. The first-order chi connectivity index (χ1) is 8.16. The van der Waals surface area contributed by atoms with E-state index in [0.29, 0.717) is 0 Å². The van der Waals surface area contributed by atoms with E-state index in [1.54, 1.807) is 12.4 Å². The fraction of sp³-hybridized carbons (Fsp3) is 0.167. The molecule has 1 atom stereocenters. The van der Waals surface area contributed by atoms with Crippen LogP contribution in [0.4, 0.5) is 0 Å². The van der Waals surface area contributed by atoms with E-state index in [1.165, 1.54) is 4.68 Å². The van der Waals surface area contributed by atoms with Crippen molar-refractivity contribution in [2.45, 2.75) is 11.9 Å². The molecule has 5 heteroatoms. The zero-order valence-corrected chi connectivity index (χ0v) is 9.71. The number of rotatable bonds is 4. The van der Waals surface area contributed by atoms with E-state index in [4.69, 9.17) is 16.7 Å². The summed E-state index contributed by atoms with van der Waals surface area (Å²) in [5, 5.41) is 11.8. The highest BCUT2D eigenvalue weighted by Gasteiger charge is 2.14. The molecule has 4 nitrogen and oxygen atoms in total. The van der Waals surface area contributed by atoms with Crippen LogP contribution in [0.25, 0.3) is 11.1 Å². The summed E-state index contributed by atoms with van der Waals surface area (Å²) < 4.78 is 1.54. The quantitative estimate of drug-likeness (QED) is 0.847. The van der Waals surface area contributed by atoms with Crippen LogP contribution >= 0.6 is 11.6 Å². The van der Waals surface area contributed by atoms with Crippen molar-refractivity contribution in [1.29, 1.82) is 0 Å². The van der Waals surface area contributed by atoms with Crippen LogP contribution in [0.5, 0.6) is 0 Å². The molecule has 2 aromatic rings. The van der Waals surface area contributed by atoms with Crippen molar-refractivity contribution in [3.8, 4) is 11.1 Å². The average Bonchev–Trinajstić information content (AvgIpc) is 2.78. The maximum atomic E-state index is 10.6. The molecule has 1 aromatic heterocycles. The molecule has 17 heavy (non-hydrogen) atoms. The summed E-state index contributed by atoms with van der Waals surface area (Å²) in [5.74, 6) is -1.04. The van der Waals surface area contributed by atoms with Gasteiger partial charge in [0, 0.05) is 11.8 Å². The van der Waals surface area contributed by atoms with Crippen LogP contribution in [-0.4, -0.2) is 26.2 Å². The Balaban J connectivity index is 2.14. The minimum absolute atomic E-state index is 0.156. The van der Waals surface area contributed by atoms with Gasteiger partial charge in [-0.3, -0.25) is 9.48 Å². The summed E-state index contributed by atoms with van der Waals surface area (Å²) >= 11 is 5.65. The van der Waals surface area contributed by atoms with Gasteiger partial charge in [0.2, 0.25) is 0 Å². The molecule has 1 aromatic carbocycles. The lowest BCUT2D eigenvalue weighted by molar-refractivity contribution is -0.136. The van der Waals surface area contributed by atoms with Gasteiger partial charge in [-0.2, -0.15) is 5.10 Å². The number of carboxylic acids is 1. The number of carboxylic acid groups (broad SMARTS) is 1. The van der Waals surface area contributed by atoms with E-state index in [9.17, 15) is 4.79 Å². The predicted octanol–water partition coefficient (Wildman–Crippen LogP) is 2.24. The summed E-state index contributed by atoms with van der Waals surface area (Å²) in [6.07, 6.45) is 3.48. The second-order valence-corrected chi connectivity index (χ2v) is 4.15. The number of hydrogen-bond donors (Lipinski definition) is 1. The monoisotopic (exact) mass is 250 g/mol. The molecule has 0 fully saturated rings. The molecule has 0 aliphatic carbocycles. The fourth-order valence-electron chi connectivity index (χ4n) is 1.49. The van der Waals surface area contributed by atoms with Gasteiger partial charge in [0.25, 0.3) is 0 Å². The normalized spacial score (nSPS) is 12.3. The lowest BCUT2D eigenvalue weighted by Crippen LogP contribution is -2.20. The van der Waals surface area contributed by atoms with Gasteiger partial charge in [-0.1, -0.05) is 30.3 Å². The van der Waals surface area contributed by atoms with Crippen LogP contribution in [0.2, 0.25) is 0 Å². The molecule has 0 bridgehead atoms. The standard InChI is InChI=1S/C12H11ClN2O2/c13-11(12(16)17)8-15-7-10(6-14-15)9-4-2-1-3-5-9/h1-7,11H,8H2,(H,16,17). The van der Waals surface area contributed by atoms with Crippen molar-refractivity contribution in [3.05, 3.63) is 42.7 Å². The molecule has 2 rings (SSSR count). The Morgan fingerprint density at radius 2 is 2.06 bits per heavy atom. The molecule has 1 heterocycles. The molecule has 0 saturated carbocycles. The Hall–Kier alpha value is -1.81. The van der Waals surface area contributed by atoms with Gasteiger partial charge in [-0.25, -0.2) is 0 Å². The third kappa shape index (κ3) is 2.85. The minimum atomic E-state index is -1.04. The molecule has 0 aliphatic rings. The molecule has 0 spiro atoms. The van der Waals surface area contributed by atoms with Crippen molar-refractivity contribution in [3.63, 3.8) is 0 Å². The lowest BCUT2D eigenvalue weighted by Gasteiger charge is -2.03. The second kappa shape index (κ2) is 5.01. The summed E-state index contributed by atoms with van der Waals surface area (Å²) in [4.78, 5) is 10.6. The molecule has 0 saturated heterocycles. The van der Waals surface area contributed by atoms with Gasteiger partial charge in [0.05, 0.1) is 12.7 Å². The van der Waals surface area contributed by atoms with E-state index in [-0.39, 0.29) is 6.54 Å². The summed E-state index contributed by atoms with van der Waals surface area (Å²) in [6, 6.07) is 9.75. The fourth-order valence-corrected chi connectivity index (χ4v) is 1.63. The first-order valence-electron chi connectivity index (χ1n) is 5.11. The van der Waals surface area contributed by atoms with Crippen LogP contribution in [0.3, 0.4) is 0 Å². The Kier molecular flexibility index (Phi) is 3.44. The van der Waals surface area contributed by atoms with Crippen LogP contribution in [0.1, 0.15) is 0 Å². The third-order valence-electron chi connectivity index (χ3n) is 2.36. The summed E-state index contributed by atoms with van der Waals surface area (Å²) in [5.41, 5.74) is 1.99. The van der Waals surface area contributed by atoms with Crippen LogP contribution in [0, 0.1) is 0 Å². The highest BCUT2D eigenvalue weighted by molar-refractivity contribution is 6.29. The number of benzene rings is 1. The van der Waals surface area contributed by atoms with Gasteiger partial charge >= 0.3 is 5.97 Å². The zero-order chi connectivity index (χ0) is 12.3. The predicted molar refractivity (Wildman–Crippen MR) is 64.9 cm³/mol. The maximum absolute atomic E-state index is 10.6. The number of aliphatic carboxylic acids is 1. The van der Waals surface area contributed by atoms with E-state index < -0.39 is 11.3 Å². The number of nitrogens with zero attached hydrogens (tertiary/aromatic N) is 2. The highest BCUT2D eigenvalue weighted by Crippen LogP contribution is 2.17. The Morgan fingerprint density at radius 1 is 1.35 bits per heavy atom. The smallest absolute Gasteiger partial charge is 0.323 e. The first-order valence-corrected chi connectivity index (χ1v) is 5.55. The molecular weight excluding hydrogens is 240 g/mol. The summed E-state index contributed by atoms with van der Waals surface area (Å²) in [6.45, 7) is 0.156. The van der Waals surface area contributed by atoms with Crippen molar-refractivity contribution in [2.75, 3.05) is 0 Å². The number of halogens is 1. The SMILES string of the molecule is O=C(O)C(Cl)Cn1cc(-c2ccccc2)cn1. The van der Waals surface area contributed by atoms with E-state index in [2.05, 4.69) is 5.10 Å². The molecule has 88 valence electrons. The van der Waals surface area contributed by atoms with Crippen molar-refractivity contribution in [1.82, 2.24) is 9.78 Å². The van der Waals surface area contributed by atoms with Gasteiger partial charge in [0.15, 0.2) is 5.38 Å². The van der Waals surface area contributed by atoms with E-state index >= 15 is 0 Å². The molecule has 0 amide bonds. The summed E-state index contributed by atoms with van der Waals surface area (Å²) in [7, 11) is 0. The minimum Gasteiger partial charge on any atom is -0.480 e. The molecule has 0 aliphatic heterocycles. The number of alkyl halides is 1. The van der Waals surface area contributed by atoms with Crippen LogP contribution in [0.15, 0.2) is 42.7 Å². The molecule has 1 unspecified atom stereocenters. The van der Waals surface area contributed by atoms with E-state index in [0.717, 1.165) is 11.1 Å². The van der Waals surface area contributed by atoms with Gasteiger partial charge in [-0.15, -0.1) is 11.6 Å². The maximum Gasteiger partial charge on any atom is 0.323 e. The number of hydrogen-bond acceptors (Lipinski definition) is 2. The van der Waals surface area contributed by atoms with Crippen molar-refractivity contribution in [2.24, 2.45) is 0 Å². The van der Waals surface area contributed by atoms with Gasteiger partial charge < -0.3 is 5.11 Å². The van der Waals surface area contributed by atoms with Gasteiger partial charge in [-0.05, 0) is 5.56 Å². The molecule has 0 radical (unpaired) electrons. The number of carbonyl (C=O) groups is 1. The van der Waals surface area contributed by atoms with Gasteiger partial charge in [0.1, 0.15) is 0 Å². The first kappa shape index (κ1) is 11.7. The zero-order valence-electron chi connectivity index (χ0n) is 8.95. The third-order valence-corrected chi connectivity index (χ3v) is 2.68. The Morgan fingerprint density at radius 3 is 2.71 bits per heavy atom. The second-order valence-electron chi connectivity index (χ2n) is 3.62. The molecular formula is C12H11ClN2O2. The van der Waals surface area contributed by atoms with Crippen LogP contribution < -0.4 is 0 Å². The van der Waals surface area contributed by atoms with Crippen molar-refractivity contribution >= 4 is 17.6 Å². The lowest BCUT2D eigenvalue weighted by atomic mass is 10.1. The van der Waals surface area contributed by atoms with Crippen LogP contribution in [-0.2, 0) is 11.3 Å². The topological polar surface area (TPSA) is 55.1 Å². The van der Waals surface area contributed by atoms with Crippen molar-refractivity contribution < 1.29 is 9.90 Å². The largest absolute Gasteiger partial charge is 0.480 e. The Labute approximate surface area is 103 Å². The van der Waals surface area contributed by atoms with E-state index in [1.807, 2.05) is 30.3 Å². The average molecular weight is 251 g/mol.